The smallest absolute Gasteiger partial charge is 0.0704 e. The zero-order chi connectivity index (χ0) is 32.6. The van der Waals surface area contributed by atoms with Gasteiger partial charge in [0.2, 0.25) is 0 Å². The molecule has 270 valence electrons. The van der Waals surface area contributed by atoms with Crippen LogP contribution in [-0.4, -0.2) is 172 Å². The van der Waals surface area contributed by atoms with Gasteiger partial charge in [-0.2, -0.15) is 0 Å². The third-order valence-corrected chi connectivity index (χ3v) is 5.80. The minimum atomic E-state index is 0.513. The highest BCUT2D eigenvalue weighted by atomic mass is 16.6. The van der Waals surface area contributed by atoms with Crippen molar-refractivity contribution in [3.05, 3.63) is 12.7 Å². The van der Waals surface area contributed by atoms with Crippen LogP contribution in [0.2, 0.25) is 0 Å². The molecule has 13 heteroatoms. The molecule has 0 saturated carbocycles. The lowest BCUT2D eigenvalue weighted by Crippen LogP contribution is -2.15. The lowest BCUT2D eigenvalue weighted by molar-refractivity contribution is -0.0291. The molecule has 0 aromatic carbocycles. The van der Waals surface area contributed by atoms with Crippen LogP contribution in [0.4, 0.5) is 0 Å². The number of ether oxygens (including phenoxy) is 13. The first-order valence-corrected chi connectivity index (χ1v) is 16.4. The SMILES string of the molecule is C=CCOCCOCCOCCOCCOCCOCCOCCOCCOCCOCCOCCOCCOCC(C)CC. The highest BCUT2D eigenvalue weighted by molar-refractivity contribution is 4.63. The molecule has 1 atom stereocenters. The van der Waals surface area contributed by atoms with Crippen molar-refractivity contribution in [2.45, 2.75) is 20.3 Å². The third kappa shape index (κ3) is 41.2. The Bertz CT molecular complexity index is 545. The maximum Gasteiger partial charge on any atom is 0.0704 e. The van der Waals surface area contributed by atoms with Crippen LogP contribution < -0.4 is 0 Å². The molecule has 13 nitrogen and oxygen atoms in total. The van der Waals surface area contributed by atoms with Gasteiger partial charge in [0.25, 0.3) is 0 Å². The fraction of sp³-hybridized carbons (Fsp3) is 0.938. The summed E-state index contributed by atoms with van der Waals surface area (Å²) in [6.45, 7) is 22.1. The second-order valence-electron chi connectivity index (χ2n) is 9.69. The summed E-state index contributed by atoms with van der Waals surface area (Å²) in [4.78, 5) is 0. The van der Waals surface area contributed by atoms with Gasteiger partial charge in [0.05, 0.1) is 165 Å². The van der Waals surface area contributed by atoms with Crippen molar-refractivity contribution in [2.24, 2.45) is 5.92 Å². The maximum absolute atomic E-state index is 5.53. The molecule has 45 heavy (non-hydrogen) atoms. The van der Waals surface area contributed by atoms with Gasteiger partial charge < -0.3 is 61.6 Å². The first kappa shape index (κ1) is 44.2. The van der Waals surface area contributed by atoms with Crippen molar-refractivity contribution in [1.82, 2.24) is 0 Å². The average molecular weight is 657 g/mol. The molecule has 0 fully saturated rings. The second-order valence-corrected chi connectivity index (χ2v) is 9.69. The number of hydrogen-bond donors (Lipinski definition) is 0. The zero-order valence-corrected chi connectivity index (χ0v) is 28.3. The predicted molar refractivity (Wildman–Crippen MR) is 170 cm³/mol. The lowest BCUT2D eigenvalue weighted by Gasteiger charge is -2.10. The van der Waals surface area contributed by atoms with E-state index in [4.69, 9.17) is 61.6 Å². The van der Waals surface area contributed by atoms with Crippen LogP contribution in [0, 0.1) is 5.92 Å². The van der Waals surface area contributed by atoms with Crippen LogP contribution in [0.5, 0.6) is 0 Å². The third-order valence-electron chi connectivity index (χ3n) is 5.80. The minimum absolute atomic E-state index is 0.513. The molecular weight excluding hydrogens is 592 g/mol. The molecule has 0 amide bonds. The average Bonchev–Trinajstić information content (AvgIpc) is 3.05. The summed E-state index contributed by atoms with van der Waals surface area (Å²) in [7, 11) is 0. The van der Waals surface area contributed by atoms with E-state index >= 15 is 0 Å². The van der Waals surface area contributed by atoms with E-state index in [0.717, 1.165) is 13.0 Å². The van der Waals surface area contributed by atoms with Gasteiger partial charge in [-0.3, -0.25) is 0 Å². The van der Waals surface area contributed by atoms with Crippen LogP contribution in [0.1, 0.15) is 20.3 Å². The van der Waals surface area contributed by atoms with Crippen LogP contribution in [0.15, 0.2) is 12.7 Å². The van der Waals surface area contributed by atoms with Gasteiger partial charge in [-0.05, 0) is 5.92 Å². The van der Waals surface area contributed by atoms with E-state index in [2.05, 4.69) is 20.4 Å². The van der Waals surface area contributed by atoms with Crippen molar-refractivity contribution in [3.63, 3.8) is 0 Å². The second kappa shape index (κ2) is 41.2. The van der Waals surface area contributed by atoms with Gasteiger partial charge >= 0.3 is 0 Å². The quantitative estimate of drug-likeness (QED) is 0.0709. The van der Waals surface area contributed by atoms with E-state index in [1.54, 1.807) is 6.08 Å². The molecule has 0 aromatic rings. The zero-order valence-electron chi connectivity index (χ0n) is 28.3. The Morgan fingerprint density at radius 3 is 0.756 bits per heavy atom. The highest BCUT2D eigenvalue weighted by Gasteiger charge is 1.99. The van der Waals surface area contributed by atoms with Crippen LogP contribution >= 0.6 is 0 Å². The van der Waals surface area contributed by atoms with E-state index in [-0.39, 0.29) is 0 Å². The number of hydrogen-bond acceptors (Lipinski definition) is 13. The largest absolute Gasteiger partial charge is 0.379 e. The van der Waals surface area contributed by atoms with E-state index in [1.807, 2.05) is 0 Å². The molecule has 0 bridgehead atoms. The van der Waals surface area contributed by atoms with Gasteiger partial charge in [-0.1, -0.05) is 26.3 Å². The van der Waals surface area contributed by atoms with E-state index in [0.29, 0.717) is 171 Å². The van der Waals surface area contributed by atoms with E-state index < -0.39 is 0 Å². The summed E-state index contributed by atoms with van der Waals surface area (Å²) >= 11 is 0. The molecule has 0 heterocycles. The van der Waals surface area contributed by atoms with Gasteiger partial charge in [0.15, 0.2) is 0 Å². The summed E-state index contributed by atoms with van der Waals surface area (Å²) in [6, 6.07) is 0. The summed E-state index contributed by atoms with van der Waals surface area (Å²) in [5, 5.41) is 0. The molecule has 0 aliphatic carbocycles. The Balaban J connectivity index is 3.05. The molecule has 0 aliphatic heterocycles. The standard InChI is InChI=1S/C32H64O13/c1-4-6-33-7-8-34-9-10-35-11-12-36-13-14-37-15-16-38-17-18-39-19-20-40-21-22-41-23-24-42-25-26-43-27-28-44-29-30-45-31-32(3)5-2/h4,32H,1,5-31H2,2-3H3. The molecule has 0 aliphatic rings. The van der Waals surface area contributed by atoms with Gasteiger partial charge in [0, 0.05) is 6.61 Å². The van der Waals surface area contributed by atoms with Gasteiger partial charge in [0.1, 0.15) is 0 Å². The van der Waals surface area contributed by atoms with Crippen molar-refractivity contribution >= 4 is 0 Å². The summed E-state index contributed by atoms with van der Waals surface area (Å²) in [5.41, 5.74) is 0. The minimum Gasteiger partial charge on any atom is -0.379 e. The molecule has 0 saturated heterocycles. The molecule has 0 aromatic heterocycles. The first-order valence-electron chi connectivity index (χ1n) is 16.4. The summed E-state index contributed by atoms with van der Waals surface area (Å²) < 4.78 is 70.8. The summed E-state index contributed by atoms with van der Waals surface area (Å²) in [6.07, 6.45) is 2.84. The van der Waals surface area contributed by atoms with Crippen molar-refractivity contribution in [2.75, 3.05) is 172 Å². The van der Waals surface area contributed by atoms with Gasteiger partial charge in [-0.15, -0.1) is 6.58 Å². The van der Waals surface area contributed by atoms with E-state index in [9.17, 15) is 0 Å². The van der Waals surface area contributed by atoms with E-state index in [1.165, 1.54) is 0 Å². The molecule has 1 unspecified atom stereocenters. The van der Waals surface area contributed by atoms with Crippen molar-refractivity contribution in [3.8, 4) is 0 Å². The predicted octanol–water partition coefficient (Wildman–Crippen LogP) is 2.43. The monoisotopic (exact) mass is 656 g/mol. The lowest BCUT2D eigenvalue weighted by atomic mass is 10.1. The molecular formula is C32H64O13. The normalized spacial score (nSPS) is 12.2. The Morgan fingerprint density at radius 2 is 0.556 bits per heavy atom. The highest BCUT2D eigenvalue weighted by Crippen LogP contribution is 2.00. The topological polar surface area (TPSA) is 120 Å². The van der Waals surface area contributed by atoms with Crippen molar-refractivity contribution < 1.29 is 61.6 Å². The summed E-state index contributed by atoms with van der Waals surface area (Å²) in [5.74, 6) is 0.597. The Labute approximate surface area is 272 Å². The fourth-order valence-electron chi connectivity index (χ4n) is 3.11. The maximum atomic E-state index is 5.53. The van der Waals surface area contributed by atoms with Crippen LogP contribution in [0.25, 0.3) is 0 Å². The van der Waals surface area contributed by atoms with Crippen LogP contribution in [-0.2, 0) is 61.6 Å². The van der Waals surface area contributed by atoms with Crippen LogP contribution in [0.3, 0.4) is 0 Å². The number of rotatable bonds is 41. The molecule has 0 rings (SSSR count). The molecule has 0 spiro atoms. The van der Waals surface area contributed by atoms with Crippen molar-refractivity contribution in [1.29, 1.82) is 0 Å². The fourth-order valence-corrected chi connectivity index (χ4v) is 3.11. The Kier molecular flexibility index (Phi) is 40.5. The first-order chi connectivity index (χ1) is 22.3. The Morgan fingerprint density at radius 1 is 0.356 bits per heavy atom. The Hall–Kier alpha value is -0.780. The van der Waals surface area contributed by atoms with Gasteiger partial charge in [-0.25, -0.2) is 0 Å². The molecule has 0 N–H and O–H groups in total. The molecule has 0 radical (unpaired) electrons.